The summed E-state index contributed by atoms with van der Waals surface area (Å²) in [6.07, 6.45) is 0. The molecule has 0 radical (unpaired) electrons. The number of carbonyl (C=O) groups excluding carboxylic acids is 1. The van der Waals surface area contributed by atoms with E-state index in [4.69, 9.17) is 5.84 Å². The second-order valence-electron chi connectivity index (χ2n) is 2.69. The van der Waals surface area contributed by atoms with E-state index in [1.165, 1.54) is 0 Å². The van der Waals surface area contributed by atoms with Gasteiger partial charge in [0.05, 0.1) is 5.69 Å². The third-order valence-corrected chi connectivity index (χ3v) is 1.90. The normalized spacial score (nSPS) is 18.4. The van der Waals surface area contributed by atoms with E-state index >= 15 is 0 Å². The van der Waals surface area contributed by atoms with Crippen LogP contribution in [-0.4, -0.2) is 5.91 Å². The Kier molecular flexibility index (Phi) is 1.79. The molecule has 1 heterocycles. The van der Waals surface area contributed by atoms with E-state index in [9.17, 15) is 4.79 Å². The highest BCUT2D eigenvalue weighted by Crippen LogP contribution is 2.34. The van der Waals surface area contributed by atoms with Crippen molar-refractivity contribution in [3.05, 3.63) is 29.8 Å². The molecule has 5 nitrogen and oxygen atoms in total. The summed E-state index contributed by atoms with van der Waals surface area (Å²) in [6.45, 7) is 0. The van der Waals surface area contributed by atoms with Crippen molar-refractivity contribution in [2.45, 2.75) is 6.04 Å². The van der Waals surface area contributed by atoms with Gasteiger partial charge in [0.2, 0.25) is 0 Å². The van der Waals surface area contributed by atoms with Gasteiger partial charge < -0.3 is 0 Å². The summed E-state index contributed by atoms with van der Waals surface area (Å²) in [5.41, 5.74) is 3.58. The van der Waals surface area contributed by atoms with E-state index in [1.54, 1.807) is 0 Å². The molecule has 1 amide bonds. The Morgan fingerprint density at radius 3 is 3.00 bits per heavy atom. The van der Waals surface area contributed by atoms with Crippen molar-refractivity contribution in [2.75, 3.05) is 0 Å². The Labute approximate surface area is 74.6 Å². The molecule has 1 atom stereocenters. The molecule has 2 rings (SSSR count). The topological polar surface area (TPSA) is 79.8 Å². The molecule has 0 spiro atoms. The number of hydrogen-bond donors (Lipinski definition) is 2. The minimum absolute atomic E-state index is 0.339. The van der Waals surface area contributed by atoms with E-state index in [0.29, 0.717) is 0 Å². The van der Waals surface area contributed by atoms with E-state index < -0.39 is 6.04 Å². The fourth-order valence-electron chi connectivity index (χ4n) is 1.26. The molecule has 1 unspecified atom stereocenters. The first-order valence-electron chi connectivity index (χ1n) is 3.83. The van der Waals surface area contributed by atoms with Crippen LogP contribution in [0.15, 0.2) is 34.5 Å². The molecule has 0 aromatic heterocycles. The zero-order valence-corrected chi connectivity index (χ0v) is 6.77. The van der Waals surface area contributed by atoms with Crippen LogP contribution in [-0.2, 0) is 4.79 Å². The molecular formula is C8H8N4O. The van der Waals surface area contributed by atoms with Gasteiger partial charge in [-0.25, -0.2) is 5.84 Å². The van der Waals surface area contributed by atoms with E-state index in [1.807, 2.05) is 24.3 Å². The van der Waals surface area contributed by atoms with Crippen LogP contribution in [0.3, 0.4) is 0 Å². The summed E-state index contributed by atoms with van der Waals surface area (Å²) in [6, 6.07) is 6.73. The lowest BCUT2D eigenvalue weighted by Crippen LogP contribution is -2.33. The fourth-order valence-corrected chi connectivity index (χ4v) is 1.26. The van der Waals surface area contributed by atoms with Crippen LogP contribution in [0.2, 0.25) is 0 Å². The predicted molar refractivity (Wildman–Crippen MR) is 46.0 cm³/mol. The smallest absolute Gasteiger partial charge is 0.265 e. The number of fused-ring (bicyclic) bond motifs is 1. The molecule has 13 heavy (non-hydrogen) atoms. The van der Waals surface area contributed by atoms with Gasteiger partial charge in [0.1, 0.15) is 0 Å². The highest BCUT2D eigenvalue weighted by atomic mass is 16.2. The van der Waals surface area contributed by atoms with Crippen LogP contribution in [0, 0.1) is 0 Å². The number of nitrogens with zero attached hydrogens (tertiary/aromatic N) is 2. The minimum atomic E-state index is -0.582. The van der Waals surface area contributed by atoms with Crippen molar-refractivity contribution in [2.24, 2.45) is 16.1 Å². The Hall–Kier alpha value is -1.75. The molecule has 0 bridgehead atoms. The number of amides is 1. The monoisotopic (exact) mass is 176 g/mol. The van der Waals surface area contributed by atoms with Gasteiger partial charge in [0.15, 0.2) is 6.04 Å². The van der Waals surface area contributed by atoms with Crippen LogP contribution in [0.4, 0.5) is 5.69 Å². The Bertz CT molecular complexity index is 374. The third-order valence-electron chi connectivity index (χ3n) is 1.90. The molecule has 5 heteroatoms. The van der Waals surface area contributed by atoms with Crippen molar-refractivity contribution >= 4 is 11.6 Å². The van der Waals surface area contributed by atoms with E-state index in [-0.39, 0.29) is 5.91 Å². The van der Waals surface area contributed by atoms with Crippen LogP contribution >= 0.6 is 0 Å². The molecule has 0 fully saturated rings. The first-order valence-corrected chi connectivity index (χ1v) is 3.83. The Morgan fingerprint density at radius 1 is 1.46 bits per heavy atom. The minimum Gasteiger partial charge on any atom is -0.292 e. The third kappa shape index (κ3) is 1.19. The average molecular weight is 176 g/mol. The predicted octanol–water partition coefficient (Wildman–Crippen LogP) is 0.815. The van der Waals surface area contributed by atoms with Gasteiger partial charge >= 0.3 is 0 Å². The van der Waals surface area contributed by atoms with Gasteiger partial charge in [-0.15, -0.1) is 0 Å². The number of benzene rings is 1. The van der Waals surface area contributed by atoms with E-state index in [2.05, 4.69) is 15.7 Å². The van der Waals surface area contributed by atoms with Crippen LogP contribution in [0.5, 0.6) is 0 Å². The molecule has 1 aromatic rings. The maximum absolute atomic E-state index is 11.2. The highest BCUT2D eigenvalue weighted by molar-refractivity contribution is 5.85. The zero-order chi connectivity index (χ0) is 9.26. The molecule has 3 N–H and O–H groups in total. The maximum atomic E-state index is 11.2. The summed E-state index contributed by atoms with van der Waals surface area (Å²) in [5.74, 6) is 4.67. The molecule has 1 aromatic carbocycles. The number of hydrogen-bond acceptors (Lipinski definition) is 4. The van der Waals surface area contributed by atoms with Gasteiger partial charge in [-0.1, -0.05) is 18.2 Å². The standard InChI is InChI=1S/C8H8N4O/c9-10-8(13)7-5-3-1-2-4-6(5)11-12-7/h1-4,7H,9H2,(H,10,13). The van der Waals surface area contributed by atoms with Crippen molar-refractivity contribution in [3.8, 4) is 0 Å². The van der Waals surface area contributed by atoms with Crippen LogP contribution < -0.4 is 11.3 Å². The van der Waals surface area contributed by atoms with Gasteiger partial charge in [-0.2, -0.15) is 10.2 Å². The molecule has 0 aliphatic carbocycles. The second kappa shape index (κ2) is 2.95. The maximum Gasteiger partial charge on any atom is 0.265 e. The van der Waals surface area contributed by atoms with E-state index in [0.717, 1.165) is 11.3 Å². The molecular weight excluding hydrogens is 168 g/mol. The summed E-state index contributed by atoms with van der Waals surface area (Å²) < 4.78 is 0. The number of nitrogens with one attached hydrogen (secondary N) is 1. The second-order valence-corrected chi connectivity index (χ2v) is 2.69. The quantitative estimate of drug-likeness (QED) is 0.377. The molecule has 1 aliphatic rings. The summed E-state index contributed by atoms with van der Waals surface area (Å²) in [5, 5.41) is 7.67. The summed E-state index contributed by atoms with van der Waals surface area (Å²) >= 11 is 0. The molecule has 66 valence electrons. The van der Waals surface area contributed by atoms with Gasteiger partial charge in [-0.3, -0.25) is 10.2 Å². The molecule has 1 aliphatic heterocycles. The number of rotatable bonds is 1. The number of nitrogens with two attached hydrogens (primary N) is 1. The lowest BCUT2D eigenvalue weighted by Gasteiger charge is -2.04. The first kappa shape index (κ1) is 7.88. The van der Waals surface area contributed by atoms with Crippen LogP contribution in [0.1, 0.15) is 11.6 Å². The fraction of sp³-hybridized carbons (Fsp3) is 0.125. The van der Waals surface area contributed by atoms with Crippen molar-refractivity contribution < 1.29 is 4.79 Å². The first-order chi connectivity index (χ1) is 6.33. The summed E-state index contributed by atoms with van der Waals surface area (Å²) in [7, 11) is 0. The van der Waals surface area contributed by atoms with Crippen molar-refractivity contribution in [3.63, 3.8) is 0 Å². The van der Waals surface area contributed by atoms with Crippen LogP contribution in [0.25, 0.3) is 0 Å². The largest absolute Gasteiger partial charge is 0.292 e. The zero-order valence-electron chi connectivity index (χ0n) is 6.77. The number of azo groups is 1. The average Bonchev–Trinajstić information content (AvgIpc) is 2.60. The Morgan fingerprint density at radius 2 is 2.23 bits per heavy atom. The van der Waals surface area contributed by atoms with Crippen molar-refractivity contribution in [1.82, 2.24) is 5.43 Å². The lowest BCUT2D eigenvalue weighted by molar-refractivity contribution is -0.122. The molecule has 0 saturated carbocycles. The summed E-state index contributed by atoms with van der Waals surface area (Å²) in [4.78, 5) is 11.2. The van der Waals surface area contributed by atoms with Gasteiger partial charge in [-0.05, 0) is 6.07 Å². The van der Waals surface area contributed by atoms with Gasteiger partial charge in [0.25, 0.3) is 5.91 Å². The number of carbonyl (C=O) groups is 1. The molecule has 0 saturated heterocycles. The lowest BCUT2D eigenvalue weighted by atomic mass is 10.1. The van der Waals surface area contributed by atoms with Gasteiger partial charge in [0, 0.05) is 5.56 Å². The number of hydrazine groups is 1. The highest BCUT2D eigenvalue weighted by Gasteiger charge is 2.26. The Balaban J connectivity index is 2.38. The van der Waals surface area contributed by atoms with Crippen molar-refractivity contribution in [1.29, 1.82) is 0 Å². The SMILES string of the molecule is NNC(=O)C1N=Nc2ccccc21.